The van der Waals surface area contributed by atoms with Gasteiger partial charge in [-0.3, -0.25) is 0 Å². The van der Waals surface area contributed by atoms with Gasteiger partial charge >= 0.3 is 0 Å². The van der Waals surface area contributed by atoms with Crippen molar-refractivity contribution in [3.8, 4) is 0 Å². The molecule has 22 heavy (non-hydrogen) atoms. The van der Waals surface area contributed by atoms with Crippen LogP contribution in [0, 0.1) is 34.5 Å². The van der Waals surface area contributed by atoms with E-state index in [0.717, 1.165) is 44.9 Å². The molecule has 4 aliphatic rings. The standard InChI is InChI=1S/C19H32O3/c1-18-7-5-11(20)9-15(18)16(21)10-12-13-3-4-17(22)19(13,2)8-6-14(12)18/h11-17,20-22H,3-10H2,1-2H3/t11-,12-,13?,14?,15?,16+,17-,18+,19-/m0/s1. The van der Waals surface area contributed by atoms with Gasteiger partial charge in [-0.2, -0.15) is 0 Å². The minimum Gasteiger partial charge on any atom is -0.393 e. The zero-order valence-corrected chi connectivity index (χ0v) is 14.0. The van der Waals surface area contributed by atoms with Crippen molar-refractivity contribution in [2.45, 2.75) is 83.5 Å². The molecule has 0 aromatic heterocycles. The average Bonchev–Trinajstić information content (AvgIpc) is 2.77. The van der Waals surface area contributed by atoms with E-state index in [4.69, 9.17) is 0 Å². The number of aliphatic hydroxyl groups excluding tert-OH is 3. The second kappa shape index (κ2) is 4.94. The Labute approximate surface area is 134 Å². The van der Waals surface area contributed by atoms with Gasteiger partial charge in [0.05, 0.1) is 18.3 Å². The van der Waals surface area contributed by atoms with Gasteiger partial charge in [-0.25, -0.2) is 0 Å². The van der Waals surface area contributed by atoms with E-state index in [-0.39, 0.29) is 35.1 Å². The normalized spacial score (nSPS) is 61.2. The molecule has 0 bridgehead atoms. The maximum absolute atomic E-state index is 10.8. The summed E-state index contributed by atoms with van der Waals surface area (Å²) in [6, 6.07) is 0. The third-order valence-electron chi connectivity index (χ3n) is 8.60. The quantitative estimate of drug-likeness (QED) is 0.645. The summed E-state index contributed by atoms with van der Waals surface area (Å²) in [5, 5.41) is 31.4. The van der Waals surface area contributed by atoms with Gasteiger partial charge in [-0.15, -0.1) is 0 Å². The first-order valence-electron chi connectivity index (χ1n) is 9.40. The summed E-state index contributed by atoms with van der Waals surface area (Å²) in [4.78, 5) is 0. The summed E-state index contributed by atoms with van der Waals surface area (Å²) < 4.78 is 0. The lowest BCUT2D eigenvalue weighted by Crippen LogP contribution is -2.58. The van der Waals surface area contributed by atoms with Crippen molar-refractivity contribution < 1.29 is 15.3 Å². The predicted molar refractivity (Wildman–Crippen MR) is 85.1 cm³/mol. The molecule has 0 aromatic carbocycles. The summed E-state index contributed by atoms with van der Waals surface area (Å²) in [6.45, 7) is 4.68. The van der Waals surface area contributed by atoms with Crippen molar-refractivity contribution in [3.05, 3.63) is 0 Å². The molecule has 9 atom stereocenters. The highest BCUT2D eigenvalue weighted by Crippen LogP contribution is 2.66. The number of rotatable bonds is 0. The second-order valence-electron chi connectivity index (χ2n) is 9.36. The lowest BCUT2D eigenvalue weighted by Gasteiger charge is -2.61. The van der Waals surface area contributed by atoms with E-state index in [1.807, 2.05) is 0 Å². The van der Waals surface area contributed by atoms with Crippen LogP contribution in [-0.2, 0) is 0 Å². The van der Waals surface area contributed by atoms with E-state index < -0.39 is 0 Å². The van der Waals surface area contributed by atoms with Crippen LogP contribution >= 0.6 is 0 Å². The Hall–Kier alpha value is -0.120. The molecule has 0 amide bonds. The maximum atomic E-state index is 10.8. The van der Waals surface area contributed by atoms with Gasteiger partial charge in [0.15, 0.2) is 0 Å². The zero-order valence-electron chi connectivity index (χ0n) is 14.0. The summed E-state index contributed by atoms with van der Waals surface area (Å²) in [7, 11) is 0. The Kier molecular flexibility index (Phi) is 3.46. The molecule has 0 heterocycles. The van der Waals surface area contributed by atoms with Gasteiger partial charge in [-0.1, -0.05) is 13.8 Å². The van der Waals surface area contributed by atoms with Gasteiger partial charge in [0.2, 0.25) is 0 Å². The lowest BCUT2D eigenvalue weighted by molar-refractivity contribution is -0.174. The number of aliphatic hydroxyl groups is 3. The van der Waals surface area contributed by atoms with Crippen LogP contribution in [0.1, 0.15) is 65.2 Å². The Morgan fingerprint density at radius 3 is 2.18 bits per heavy atom. The third kappa shape index (κ3) is 1.91. The van der Waals surface area contributed by atoms with E-state index in [9.17, 15) is 15.3 Å². The summed E-state index contributed by atoms with van der Waals surface area (Å²) in [5.74, 6) is 2.10. The van der Waals surface area contributed by atoms with Crippen LogP contribution in [-0.4, -0.2) is 33.6 Å². The largest absolute Gasteiger partial charge is 0.393 e. The van der Waals surface area contributed by atoms with Crippen molar-refractivity contribution >= 4 is 0 Å². The van der Waals surface area contributed by atoms with E-state index in [1.54, 1.807) is 0 Å². The van der Waals surface area contributed by atoms with Crippen molar-refractivity contribution in [1.29, 1.82) is 0 Å². The molecule has 3 nitrogen and oxygen atoms in total. The molecular weight excluding hydrogens is 276 g/mol. The summed E-state index contributed by atoms with van der Waals surface area (Å²) >= 11 is 0. The molecule has 0 aliphatic heterocycles. The molecule has 0 radical (unpaired) electrons. The van der Waals surface area contributed by atoms with Crippen molar-refractivity contribution in [2.75, 3.05) is 0 Å². The Morgan fingerprint density at radius 1 is 0.727 bits per heavy atom. The SMILES string of the molecule is C[C@]12CC[C@H](O)CC1[C@H](O)C[C@@H]1C2CC[C@@]2(C)C1CC[C@@H]2O. The van der Waals surface area contributed by atoms with E-state index in [1.165, 1.54) is 6.42 Å². The number of hydrogen-bond donors (Lipinski definition) is 3. The van der Waals surface area contributed by atoms with Gasteiger partial charge < -0.3 is 15.3 Å². The van der Waals surface area contributed by atoms with Crippen LogP contribution in [0.5, 0.6) is 0 Å². The second-order valence-corrected chi connectivity index (χ2v) is 9.36. The van der Waals surface area contributed by atoms with E-state index >= 15 is 0 Å². The maximum Gasteiger partial charge on any atom is 0.0596 e. The molecule has 3 unspecified atom stereocenters. The molecule has 0 saturated heterocycles. The van der Waals surface area contributed by atoms with Gasteiger partial charge in [0.1, 0.15) is 0 Å². The van der Waals surface area contributed by atoms with Crippen molar-refractivity contribution in [2.24, 2.45) is 34.5 Å². The van der Waals surface area contributed by atoms with E-state index in [0.29, 0.717) is 17.8 Å². The number of fused-ring (bicyclic) bond motifs is 5. The molecule has 3 heteroatoms. The first-order chi connectivity index (χ1) is 10.4. The molecule has 4 saturated carbocycles. The minimum atomic E-state index is -0.263. The Morgan fingerprint density at radius 2 is 1.41 bits per heavy atom. The molecule has 3 N–H and O–H groups in total. The first-order valence-corrected chi connectivity index (χ1v) is 9.40. The Bertz CT molecular complexity index is 452. The fourth-order valence-corrected chi connectivity index (χ4v) is 7.25. The van der Waals surface area contributed by atoms with Crippen molar-refractivity contribution in [1.82, 2.24) is 0 Å². The fourth-order valence-electron chi connectivity index (χ4n) is 7.25. The van der Waals surface area contributed by atoms with Gasteiger partial charge in [0, 0.05) is 0 Å². The minimum absolute atomic E-state index is 0.0816. The monoisotopic (exact) mass is 308 g/mol. The van der Waals surface area contributed by atoms with Crippen molar-refractivity contribution in [3.63, 3.8) is 0 Å². The van der Waals surface area contributed by atoms with Crippen LogP contribution in [0.25, 0.3) is 0 Å². The van der Waals surface area contributed by atoms with Crippen LogP contribution in [0.3, 0.4) is 0 Å². The topological polar surface area (TPSA) is 60.7 Å². The molecule has 4 rings (SSSR count). The highest BCUT2D eigenvalue weighted by atomic mass is 16.3. The highest BCUT2D eigenvalue weighted by molar-refractivity contribution is 5.11. The zero-order chi connectivity index (χ0) is 15.7. The molecule has 0 spiro atoms. The lowest BCUT2D eigenvalue weighted by atomic mass is 9.44. The predicted octanol–water partition coefficient (Wildman–Crippen LogP) is 2.72. The van der Waals surface area contributed by atoms with Crippen LogP contribution in [0.2, 0.25) is 0 Å². The van der Waals surface area contributed by atoms with Crippen LogP contribution in [0.4, 0.5) is 0 Å². The molecule has 0 aromatic rings. The van der Waals surface area contributed by atoms with Gasteiger partial charge in [0.25, 0.3) is 0 Å². The fraction of sp³-hybridized carbons (Fsp3) is 1.00. The van der Waals surface area contributed by atoms with Gasteiger partial charge in [-0.05, 0) is 85.9 Å². The smallest absolute Gasteiger partial charge is 0.0596 e. The number of hydrogen-bond acceptors (Lipinski definition) is 3. The first kappa shape index (κ1) is 15.4. The summed E-state index contributed by atoms with van der Waals surface area (Å²) in [6.07, 6.45) is 7.42. The highest BCUT2D eigenvalue weighted by Gasteiger charge is 2.61. The molecule has 4 aliphatic carbocycles. The van der Waals surface area contributed by atoms with E-state index in [2.05, 4.69) is 13.8 Å². The molecule has 4 fully saturated rings. The van der Waals surface area contributed by atoms with Crippen LogP contribution in [0.15, 0.2) is 0 Å². The third-order valence-corrected chi connectivity index (χ3v) is 8.60. The molecule has 126 valence electrons. The Balaban J connectivity index is 1.66. The van der Waals surface area contributed by atoms with Crippen LogP contribution < -0.4 is 0 Å². The summed E-state index contributed by atoms with van der Waals surface area (Å²) in [5.41, 5.74) is 0.273. The average molecular weight is 308 g/mol. The molecular formula is C19H32O3.